The van der Waals surface area contributed by atoms with Gasteiger partial charge in [0.15, 0.2) is 7.14 Å². The lowest BCUT2D eigenvalue weighted by Crippen LogP contribution is -2.26. The minimum absolute atomic E-state index is 0.175. The van der Waals surface area contributed by atoms with E-state index in [2.05, 4.69) is 0 Å². The van der Waals surface area contributed by atoms with Crippen molar-refractivity contribution in [1.82, 2.24) is 0 Å². The second-order valence-electron chi connectivity index (χ2n) is 5.57. The lowest BCUT2D eigenvalue weighted by atomic mass is 10.3. The highest BCUT2D eigenvalue weighted by Crippen LogP contribution is 2.45. The van der Waals surface area contributed by atoms with Crippen LogP contribution in [0.3, 0.4) is 0 Å². The molecule has 0 heterocycles. The fraction of sp³-hybridized carbons (Fsp3) is 0.0526. The molecule has 0 saturated heterocycles. The quantitative estimate of drug-likeness (QED) is 0.495. The van der Waals surface area contributed by atoms with Crippen LogP contribution in [0.5, 0.6) is 5.75 Å². The van der Waals surface area contributed by atoms with Crippen LogP contribution in [-0.2, 0) is 14.7 Å². The van der Waals surface area contributed by atoms with Gasteiger partial charge in [0.25, 0.3) is 0 Å². The van der Waals surface area contributed by atoms with Gasteiger partial charge in [-0.05, 0) is 18.2 Å². The van der Waals surface area contributed by atoms with Gasteiger partial charge in [-0.25, -0.2) is 8.42 Å². The molecule has 3 aromatic rings. The summed E-state index contributed by atoms with van der Waals surface area (Å²) in [5.41, 5.74) is 0. The van der Waals surface area contributed by atoms with Crippen molar-refractivity contribution in [2.24, 2.45) is 0 Å². The molecule has 0 radical (unpaired) electrons. The number of benzene rings is 3. The SMILES string of the molecule is COc1ccc(S(=O)(=O)[O-])cc1P(=O)(c1ccccc1)c1ccccc1. The maximum absolute atomic E-state index is 14.3. The van der Waals surface area contributed by atoms with Gasteiger partial charge in [0, 0.05) is 10.6 Å². The van der Waals surface area contributed by atoms with E-state index in [4.69, 9.17) is 4.74 Å². The maximum atomic E-state index is 14.3. The Bertz CT molecular complexity index is 1020. The highest BCUT2D eigenvalue weighted by Gasteiger charge is 2.33. The standard InChI is InChI=1S/C19H17O5PS/c1-24-18-13-12-17(26(21,22)23)14-19(18)25(20,15-8-4-2-5-9-15)16-10-6-3-7-11-16/h2-14H,1H3,(H,21,22,23)/p-1. The van der Waals surface area contributed by atoms with Crippen molar-refractivity contribution in [3.63, 3.8) is 0 Å². The first kappa shape index (κ1) is 18.4. The molecule has 0 saturated carbocycles. The van der Waals surface area contributed by atoms with E-state index in [1.807, 2.05) is 0 Å². The molecule has 3 rings (SSSR count). The summed E-state index contributed by atoms with van der Waals surface area (Å²) in [5.74, 6) is 0.258. The number of ether oxygens (including phenoxy) is 1. The Morgan fingerprint density at radius 3 is 1.77 bits per heavy atom. The molecule has 7 heteroatoms. The smallest absolute Gasteiger partial charge is 0.174 e. The first-order valence-electron chi connectivity index (χ1n) is 7.73. The third-order valence-corrected chi connectivity index (χ3v) is 7.93. The second kappa shape index (κ2) is 7.08. The Hall–Kier alpha value is -2.40. The Kier molecular flexibility index (Phi) is 5.01. The van der Waals surface area contributed by atoms with Gasteiger partial charge in [-0.15, -0.1) is 0 Å². The first-order chi connectivity index (χ1) is 12.4. The Morgan fingerprint density at radius 2 is 1.35 bits per heavy atom. The van der Waals surface area contributed by atoms with Gasteiger partial charge in [-0.1, -0.05) is 60.7 Å². The fourth-order valence-electron chi connectivity index (χ4n) is 2.77. The van der Waals surface area contributed by atoms with Gasteiger partial charge in [0.1, 0.15) is 15.9 Å². The predicted octanol–water partition coefficient (Wildman–Crippen LogP) is 2.24. The normalized spacial score (nSPS) is 11.9. The van der Waals surface area contributed by atoms with Gasteiger partial charge < -0.3 is 13.9 Å². The molecular weight excluding hydrogens is 371 g/mol. The maximum Gasteiger partial charge on any atom is 0.174 e. The van der Waals surface area contributed by atoms with Crippen LogP contribution in [0.25, 0.3) is 0 Å². The van der Waals surface area contributed by atoms with E-state index in [1.54, 1.807) is 60.7 Å². The van der Waals surface area contributed by atoms with Crippen molar-refractivity contribution in [3.8, 4) is 5.75 Å². The largest absolute Gasteiger partial charge is 0.744 e. The van der Waals surface area contributed by atoms with E-state index in [9.17, 15) is 17.5 Å². The fourth-order valence-corrected chi connectivity index (χ4v) is 6.19. The highest BCUT2D eigenvalue weighted by molar-refractivity contribution is 7.86. The molecule has 0 fully saturated rings. The average molecular weight is 387 g/mol. The second-order valence-corrected chi connectivity index (χ2v) is 9.68. The molecule has 0 aromatic heterocycles. The molecule has 0 spiro atoms. The van der Waals surface area contributed by atoms with Crippen LogP contribution in [0.4, 0.5) is 0 Å². The van der Waals surface area contributed by atoms with Gasteiger partial charge in [-0.3, -0.25) is 0 Å². The Labute approximate surface area is 152 Å². The summed E-state index contributed by atoms with van der Waals surface area (Å²) >= 11 is 0. The van der Waals surface area contributed by atoms with Crippen LogP contribution in [-0.4, -0.2) is 20.1 Å². The van der Waals surface area contributed by atoms with E-state index in [-0.39, 0.29) is 11.1 Å². The number of rotatable bonds is 5. The van der Waals surface area contributed by atoms with E-state index in [0.717, 1.165) is 12.1 Å². The third-order valence-electron chi connectivity index (χ3n) is 4.02. The molecule has 0 unspecified atom stereocenters. The van der Waals surface area contributed by atoms with E-state index >= 15 is 0 Å². The van der Waals surface area contributed by atoms with Crippen molar-refractivity contribution >= 4 is 33.2 Å². The lowest BCUT2D eigenvalue weighted by Gasteiger charge is -2.23. The molecule has 0 atom stereocenters. The summed E-state index contributed by atoms with van der Waals surface area (Å²) in [6, 6.07) is 21.2. The monoisotopic (exact) mass is 387 g/mol. The summed E-state index contributed by atoms with van der Waals surface area (Å²) in [7, 11) is -6.75. The molecule has 3 aromatic carbocycles. The van der Waals surface area contributed by atoms with Crippen LogP contribution in [0.15, 0.2) is 83.8 Å². The first-order valence-corrected chi connectivity index (χ1v) is 10.8. The molecular formula is C19H16O5PS-. The van der Waals surface area contributed by atoms with Gasteiger partial charge >= 0.3 is 0 Å². The molecule has 0 amide bonds. The van der Waals surface area contributed by atoms with E-state index in [0.29, 0.717) is 10.6 Å². The van der Waals surface area contributed by atoms with Gasteiger partial charge in [0.05, 0.1) is 17.3 Å². The van der Waals surface area contributed by atoms with Crippen LogP contribution < -0.4 is 20.7 Å². The molecule has 0 N–H and O–H groups in total. The summed E-state index contributed by atoms with van der Waals surface area (Å²) in [5, 5.41) is 1.21. The molecule has 0 aliphatic carbocycles. The Balaban J connectivity index is 2.39. The summed E-state index contributed by atoms with van der Waals surface area (Å²) in [6.45, 7) is 0. The minimum atomic E-state index is -4.70. The molecule has 26 heavy (non-hydrogen) atoms. The Morgan fingerprint density at radius 1 is 0.846 bits per heavy atom. The average Bonchev–Trinajstić information content (AvgIpc) is 2.67. The van der Waals surface area contributed by atoms with Crippen molar-refractivity contribution in [3.05, 3.63) is 78.9 Å². The molecule has 0 aliphatic rings. The summed E-state index contributed by atoms with van der Waals surface area (Å²) < 4.78 is 54.1. The zero-order chi connectivity index (χ0) is 18.8. The lowest BCUT2D eigenvalue weighted by molar-refractivity contribution is 0.417. The van der Waals surface area contributed by atoms with Crippen LogP contribution >= 0.6 is 7.14 Å². The predicted molar refractivity (Wildman–Crippen MR) is 100 cm³/mol. The molecule has 134 valence electrons. The van der Waals surface area contributed by atoms with Crippen LogP contribution in [0.2, 0.25) is 0 Å². The molecule has 0 bridgehead atoms. The van der Waals surface area contributed by atoms with Crippen LogP contribution in [0.1, 0.15) is 0 Å². The molecule has 0 aliphatic heterocycles. The number of hydrogen-bond donors (Lipinski definition) is 0. The third kappa shape index (κ3) is 3.31. The number of methoxy groups -OCH3 is 1. The van der Waals surface area contributed by atoms with E-state index < -0.39 is 22.2 Å². The van der Waals surface area contributed by atoms with Crippen molar-refractivity contribution in [1.29, 1.82) is 0 Å². The van der Waals surface area contributed by atoms with Crippen LogP contribution in [0, 0.1) is 0 Å². The van der Waals surface area contributed by atoms with Gasteiger partial charge in [-0.2, -0.15) is 0 Å². The van der Waals surface area contributed by atoms with Crippen molar-refractivity contribution in [2.45, 2.75) is 4.90 Å². The zero-order valence-corrected chi connectivity index (χ0v) is 15.6. The summed E-state index contributed by atoms with van der Waals surface area (Å²) in [6.07, 6.45) is 0. The molecule has 5 nitrogen and oxygen atoms in total. The van der Waals surface area contributed by atoms with Crippen molar-refractivity contribution in [2.75, 3.05) is 7.11 Å². The minimum Gasteiger partial charge on any atom is -0.744 e. The zero-order valence-electron chi connectivity index (χ0n) is 13.9. The topological polar surface area (TPSA) is 83.5 Å². The van der Waals surface area contributed by atoms with E-state index in [1.165, 1.54) is 13.2 Å². The van der Waals surface area contributed by atoms with Crippen molar-refractivity contribution < 1.29 is 22.3 Å². The summed E-state index contributed by atoms with van der Waals surface area (Å²) in [4.78, 5) is -0.444. The van der Waals surface area contributed by atoms with Gasteiger partial charge in [0.2, 0.25) is 0 Å². The number of hydrogen-bond acceptors (Lipinski definition) is 5. The highest BCUT2D eigenvalue weighted by atomic mass is 32.2.